The van der Waals surface area contributed by atoms with E-state index in [0.29, 0.717) is 5.56 Å². The molecule has 1 aliphatic rings. The van der Waals surface area contributed by atoms with E-state index >= 15 is 0 Å². The van der Waals surface area contributed by atoms with Crippen LogP contribution >= 0.6 is 0 Å². The second-order valence-electron chi connectivity index (χ2n) is 17.5. The smallest absolute Gasteiger partial charge is 0.0998 e. The number of fused-ring (bicyclic) bond motifs is 13. The molecule has 4 nitrogen and oxygen atoms in total. The molecule has 3 aromatic heterocycles. The average molecular weight is 839 g/mol. The van der Waals surface area contributed by atoms with Gasteiger partial charge >= 0.3 is 0 Å². The Morgan fingerprint density at radius 3 is 1.74 bits per heavy atom. The second-order valence-corrected chi connectivity index (χ2v) is 17.5. The van der Waals surface area contributed by atoms with Crippen LogP contribution in [-0.4, -0.2) is 13.7 Å². The highest BCUT2D eigenvalue weighted by molar-refractivity contribution is 6.26. The molecular weight excluding hydrogens is 801 g/mol. The van der Waals surface area contributed by atoms with Crippen molar-refractivity contribution in [3.05, 3.63) is 235 Å². The number of para-hydroxylation sites is 4. The monoisotopic (exact) mass is 838 g/mol. The van der Waals surface area contributed by atoms with Gasteiger partial charge in [0.1, 0.15) is 0 Å². The van der Waals surface area contributed by atoms with Crippen LogP contribution in [0.5, 0.6) is 0 Å². The van der Waals surface area contributed by atoms with Gasteiger partial charge < -0.3 is 13.7 Å². The molecule has 0 fully saturated rings. The molecule has 306 valence electrons. The first-order valence-corrected chi connectivity index (χ1v) is 22.6. The molecule has 0 aliphatic heterocycles. The SMILES string of the molecule is N#Cc1ccccc1-c1ccc(-c2ccc(-n3c4ccccc4c4c3ccc3c5ccccc5n(-c5ccccc5)c34)cc2-n2c3ccccc3c3cc4c(cc32)Cc2ccccc2-4)cc1. The molecule has 0 amide bonds. The zero-order chi connectivity index (χ0) is 43.5. The van der Waals surface area contributed by atoms with Crippen LogP contribution in [0, 0.1) is 11.3 Å². The van der Waals surface area contributed by atoms with Crippen LogP contribution in [0.3, 0.4) is 0 Å². The summed E-state index contributed by atoms with van der Waals surface area (Å²) in [6.07, 6.45) is 0.914. The van der Waals surface area contributed by atoms with Gasteiger partial charge in [0.25, 0.3) is 0 Å². The maximum Gasteiger partial charge on any atom is 0.0998 e. The van der Waals surface area contributed by atoms with Crippen LogP contribution in [0.4, 0.5) is 0 Å². The topological polar surface area (TPSA) is 38.6 Å². The molecule has 1 aliphatic carbocycles. The van der Waals surface area contributed by atoms with Crippen molar-refractivity contribution in [1.29, 1.82) is 5.26 Å². The van der Waals surface area contributed by atoms with Crippen LogP contribution in [0.15, 0.2) is 218 Å². The Balaban J connectivity index is 1.06. The predicted octanol–water partition coefficient (Wildman–Crippen LogP) is 15.8. The van der Waals surface area contributed by atoms with E-state index in [0.717, 1.165) is 56.8 Å². The van der Waals surface area contributed by atoms with E-state index in [1.165, 1.54) is 76.6 Å². The molecular formula is C62H38N4. The van der Waals surface area contributed by atoms with E-state index in [4.69, 9.17) is 0 Å². The molecule has 0 atom stereocenters. The van der Waals surface area contributed by atoms with Crippen molar-refractivity contribution in [1.82, 2.24) is 13.7 Å². The Kier molecular flexibility index (Phi) is 7.78. The molecule has 0 saturated heterocycles. The molecule has 4 heteroatoms. The van der Waals surface area contributed by atoms with Crippen molar-refractivity contribution in [3.8, 4) is 56.5 Å². The van der Waals surface area contributed by atoms with Crippen molar-refractivity contribution in [2.45, 2.75) is 6.42 Å². The number of nitrogens with zero attached hydrogens (tertiary/aromatic N) is 4. The first-order valence-electron chi connectivity index (χ1n) is 22.6. The van der Waals surface area contributed by atoms with E-state index in [2.05, 4.69) is 214 Å². The molecule has 0 N–H and O–H groups in total. The number of rotatable bonds is 5. The fourth-order valence-corrected chi connectivity index (χ4v) is 11.2. The van der Waals surface area contributed by atoms with Gasteiger partial charge in [0.2, 0.25) is 0 Å². The van der Waals surface area contributed by atoms with E-state index < -0.39 is 0 Å². The molecule has 0 radical (unpaired) electrons. The number of hydrogen-bond donors (Lipinski definition) is 0. The zero-order valence-electron chi connectivity index (χ0n) is 35.8. The van der Waals surface area contributed by atoms with Crippen molar-refractivity contribution >= 4 is 65.4 Å². The van der Waals surface area contributed by atoms with Gasteiger partial charge in [0.05, 0.1) is 50.4 Å². The number of aromatic nitrogens is 3. The molecule has 0 unspecified atom stereocenters. The van der Waals surface area contributed by atoms with E-state index in [1.807, 2.05) is 24.3 Å². The van der Waals surface area contributed by atoms with Crippen molar-refractivity contribution in [2.75, 3.05) is 0 Å². The molecule has 13 aromatic rings. The van der Waals surface area contributed by atoms with Crippen molar-refractivity contribution in [2.24, 2.45) is 0 Å². The summed E-state index contributed by atoms with van der Waals surface area (Å²) < 4.78 is 7.42. The zero-order valence-corrected chi connectivity index (χ0v) is 35.8. The summed E-state index contributed by atoms with van der Waals surface area (Å²) in [6.45, 7) is 0. The van der Waals surface area contributed by atoms with Gasteiger partial charge in [-0.2, -0.15) is 5.26 Å². The van der Waals surface area contributed by atoms with Crippen molar-refractivity contribution in [3.63, 3.8) is 0 Å². The number of nitriles is 1. The predicted molar refractivity (Wildman–Crippen MR) is 273 cm³/mol. The third-order valence-electron chi connectivity index (χ3n) is 14.1. The van der Waals surface area contributed by atoms with Gasteiger partial charge in [-0.25, -0.2) is 0 Å². The van der Waals surface area contributed by atoms with E-state index in [-0.39, 0.29) is 0 Å². The molecule has 3 heterocycles. The lowest BCUT2D eigenvalue weighted by atomic mass is 9.96. The normalized spacial score (nSPS) is 12.2. The Hall–Kier alpha value is -8.91. The van der Waals surface area contributed by atoms with Gasteiger partial charge in [0, 0.05) is 49.3 Å². The van der Waals surface area contributed by atoms with Crippen LogP contribution in [0.1, 0.15) is 16.7 Å². The Morgan fingerprint density at radius 1 is 0.348 bits per heavy atom. The minimum atomic E-state index is 0.669. The lowest BCUT2D eigenvalue weighted by molar-refractivity contribution is 1.13. The van der Waals surface area contributed by atoms with Crippen LogP contribution in [0.2, 0.25) is 0 Å². The fraction of sp³-hybridized carbons (Fsp3) is 0.0161. The van der Waals surface area contributed by atoms with Crippen LogP contribution in [0.25, 0.3) is 116 Å². The molecule has 0 bridgehead atoms. The summed E-state index contributed by atoms with van der Waals surface area (Å²) >= 11 is 0. The average Bonchev–Trinajstić information content (AvgIpc) is 4.12. The molecule has 10 aromatic carbocycles. The van der Waals surface area contributed by atoms with Gasteiger partial charge in [0.15, 0.2) is 0 Å². The third-order valence-corrected chi connectivity index (χ3v) is 14.1. The molecule has 14 rings (SSSR count). The maximum absolute atomic E-state index is 9.97. The minimum absolute atomic E-state index is 0.669. The van der Waals surface area contributed by atoms with Gasteiger partial charge in [-0.05, 0) is 112 Å². The van der Waals surface area contributed by atoms with Gasteiger partial charge in [-0.1, -0.05) is 152 Å². The highest BCUT2D eigenvalue weighted by Crippen LogP contribution is 2.46. The largest absolute Gasteiger partial charge is 0.309 e. The Labute approximate surface area is 380 Å². The van der Waals surface area contributed by atoms with Crippen LogP contribution < -0.4 is 0 Å². The van der Waals surface area contributed by atoms with E-state index in [9.17, 15) is 5.26 Å². The molecule has 66 heavy (non-hydrogen) atoms. The molecule has 0 saturated carbocycles. The van der Waals surface area contributed by atoms with Gasteiger partial charge in [-0.15, -0.1) is 0 Å². The first kappa shape index (κ1) is 36.6. The summed E-state index contributed by atoms with van der Waals surface area (Å²) in [6, 6.07) is 81.7. The summed E-state index contributed by atoms with van der Waals surface area (Å²) in [5.41, 5.74) is 20.6. The summed E-state index contributed by atoms with van der Waals surface area (Å²) in [4.78, 5) is 0. The maximum atomic E-state index is 9.97. The summed E-state index contributed by atoms with van der Waals surface area (Å²) in [5, 5.41) is 17.4. The van der Waals surface area contributed by atoms with E-state index in [1.54, 1.807) is 0 Å². The van der Waals surface area contributed by atoms with Crippen molar-refractivity contribution < 1.29 is 0 Å². The van der Waals surface area contributed by atoms with Crippen LogP contribution in [-0.2, 0) is 6.42 Å². The standard InChI is InChI=1S/C62H38N4/c63-38-42-15-5-6-18-46(42)39-26-28-40(29-27-39)48-31-30-45(36-60(48)66-56-24-12-9-21-50(56)54-37-53-43(35-59(54)66)34-41-14-4-7-19-47(41)53)64-57-25-13-10-22-52(57)61-58(64)33-32-51-49-20-8-11-23-55(49)65(62(51)61)44-16-2-1-3-17-44/h1-33,35-37H,34H2. The first-order chi connectivity index (χ1) is 32.7. The third kappa shape index (κ3) is 5.20. The molecule has 0 spiro atoms. The number of benzene rings is 10. The Morgan fingerprint density at radius 2 is 0.970 bits per heavy atom. The fourth-order valence-electron chi connectivity index (χ4n) is 11.2. The lowest BCUT2D eigenvalue weighted by Gasteiger charge is -2.18. The Bertz CT molecular complexity index is 4190. The number of hydrogen-bond acceptors (Lipinski definition) is 1. The lowest BCUT2D eigenvalue weighted by Crippen LogP contribution is -2.02. The highest BCUT2D eigenvalue weighted by Gasteiger charge is 2.25. The minimum Gasteiger partial charge on any atom is -0.309 e. The quantitative estimate of drug-likeness (QED) is 0.170. The summed E-state index contributed by atoms with van der Waals surface area (Å²) in [5.74, 6) is 0. The second kappa shape index (κ2) is 14.0. The highest BCUT2D eigenvalue weighted by atomic mass is 15.0. The van der Waals surface area contributed by atoms with Gasteiger partial charge in [-0.3, -0.25) is 0 Å². The summed E-state index contributed by atoms with van der Waals surface area (Å²) in [7, 11) is 0.